The van der Waals surface area contributed by atoms with Crippen molar-refractivity contribution in [3.05, 3.63) is 30.5 Å². The average molecular weight is 248 g/mol. The van der Waals surface area contributed by atoms with Gasteiger partial charge in [-0.25, -0.2) is 0 Å². The molecular weight excluding hydrogens is 228 g/mol. The van der Waals surface area contributed by atoms with Crippen LogP contribution in [0.25, 0.3) is 10.9 Å². The highest BCUT2D eigenvalue weighted by atomic mass is 16.3. The van der Waals surface area contributed by atoms with E-state index in [9.17, 15) is 4.79 Å². The lowest BCUT2D eigenvalue weighted by Gasteiger charge is -2.02. The predicted molar refractivity (Wildman–Crippen MR) is 74.7 cm³/mol. The Hall–Kier alpha value is -1.81. The number of benzene rings is 1. The highest BCUT2D eigenvalue weighted by molar-refractivity contribution is 5.96. The van der Waals surface area contributed by atoms with E-state index < -0.39 is 0 Å². The lowest BCUT2D eigenvalue weighted by Crippen LogP contribution is -1.98. The van der Waals surface area contributed by atoms with Crippen molar-refractivity contribution in [1.29, 1.82) is 0 Å². The van der Waals surface area contributed by atoms with Crippen molar-refractivity contribution >= 4 is 23.0 Å². The minimum atomic E-state index is 0.170. The third kappa shape index (κ3) is 3.11. The first-order valence-corrected chi connectivity index (χ1v) is 6.25. The largest absolute Gasteiger partial charge is 0.396 e. The monoisotopic (exact) mass is 248 g/mol. The fraction of sp³-hybridized carbons (Fsp3) is 0.357. The second kappa shape index (κ2) is 7.50. The van der Waals surface area contributed by atoms with Gasteiger partial charge in [0.25, 0.3) is 0 Å². The molecule has 18 heavy (non-hydrogen) atoms. The molecule has 1 amide bonds. The maximum absolute atomic E-state index is 10.5. The molecule has 0 spiro atoms. The van der Waals surface area contributed by atoms with E-state index >= 15 is 0 Å². The maximum atomic E-state index is 10.5. The quantitative estimate of drug-likeness (QED) is 0.799. The number of amides is 1. The summed E-state index contributed by atoms with van der Waals surface area (Å²) in [4.78, 5) is 10.5. The molecule has 0 radical (unpaired) electrons. The van der Waals surface area contributed by atoms with E-state index in [1.165, 1.54) is 0 Å². The molecule has 2 N–H and O–H groups in total. The molecule has 0 aliphatic heterocycles. The Morgan fingerprint density at radius 1 is 1.33 bits per heavy atom. The molecule has 0 unspecified atom stereocenters. The van der Waals surface area contributed by atoms with E-state index in [0.717, 1.165) is 23.1 Å². The smallest absolute Gasteiger partial charge is 0.211 e. The number of aliphatic hydroxyl groups excluding tert-OH is 1. The average Bonchev–Trinajstić information content (AvgIpc) is 2.78. The number of nitrogens with zero attached hydrogens (tertiary/aromatic N) is 1. The van der Waals surface area contributed by atoms with Gasteiger partial charge in [-0.2, -0.15) is 0 Å². The van der Waals surface area contributed by atoms with Crippen LogP contribution in [-0.2, 0) is 11.3 Å². The SMILES string of the molecule is CC.O=CNc1cn(CCCO)c2ccccc12. The Balaban J connectivity index is 0.000000771. The van der Waals surface area contributed by atoms with Gasteiger partial charge in [0.2, 0.25) is 6.41 Å². The third-order valence-corrected chi connectivity index (χ3v) is 2.56. The number of hydrogen-bond donors (Lipinski definition) is 2. The maximum Gasteiger partial charge on any atom is 0.211 e. The number of aliphatic hydroxyl groups is 1. The van der Waals surface area contributed by atoms with Crippen LogP contribution in [0.1, 0.15) is 20.3 Å². The number of carbonyl (C=O) groups excluding carboxylic acids is 1. The van der Waals surface area contributed by atoms with Gasteiger partial charge in [-0.1, -0.05) is 32.0 Å². The first-order valence-electron chi connectivity index (χ1n) is 6.25. The van der Waals surface area contributed by atoms with Gasteiger partial charge in [-0.3, -0.25) is 4.79 Å². The Morgan fingerprint density at radius 3 is 2.72 bits per heavy atom. The Morgan fingerprint density at radius 2 is 2.06 bits per heavy atom. The number of carbonyl (C=O) groups is 1. The van der Waals surface area contributed by atoms with E-state index in [2.05, 4.69) is 5.32 Å². The minimum absolute atomic E-state index is 0.170. The molecule has 0 saturated heterocycles. The van der Waals surface area contributed by atoms with Crippen LogP contribution in [-0.4, -0.2) is 22.7 Å². The van der Waals surface area contributed by atoms with Gasteiger partial charge in [0.05, 0.1) is 11.2 Å². The van der Waals surface area contributed by atoms with Crippen molar-refractivity contribution in [3.8, 4) is 0 Å². The topological polar surface area (TPSA) is 54.3 Å². The molecule has 0 bridgehead atoms. The first-order chi connectivity index (χ1) is 8.86. The summed E-state index contributed by atoms with van der Waals surface area (Å²) in [6.45, 7) is 4.92. The van der Waals surface area contributed by atoms with Crippen LogP contribution in [0.15, 0.2) is 30.5 Å². The van der Waals surface area contributed by atoms with Crippen LogP contribution < -0.4 is 5.32 Å². The molecule has 98 valence electrons. The fourth-order valence-electron chi connectivity index (χ4n) is 1.85. The molecule has 4 nitrogen and oxygen atoms in total. The molecule has 1 aromatic heterocycles. The molecule has 2 aromatic rings. The number of anilines is 1. The molecule has 2 rings (SSSR count). The van der Waals surface area contributed by atoms with Crippen molar-refractivity contribution in [2.75, 3.05) is 11.9 Å². The van der Waals surface area contributed by atoms with Gasteiger partial charge in [0.15, 0.2) is 0 Å². The molecule has 1 heterocycles. The number of rotatable bonds is 5. The van der Waals surface area contributed by atoms with Crippen LogP contribution in [0.2, 0.25) is 0 Å². The number of fused-ring (bicyclic) bond motifs is 1. The number of hydrogen-bond acceptors (Lipinski definition) is 2. The summed E-state index contributed by atoms with van der Waals surface area (Å²) >= 11 is 0. The number of aryl methyl sites for hydroxylation is 1. The van der Waals surface area contributed by atoms with Crippen molar-refractivity contribution in [3.63, 3.8) is 0 Å². The lowest BCUT2D eigenvalue weighted by atomic mass is 10.2. The van der Waals surface area contributed by atoms with E-state index in [-0.39, 0.29) is 6.61 Å². The van der Waals surface area contributed by atoms with Crippen LogP contribution in [0.5, 0.6) is 0 Å². The Bertz CT molecular complexity index is 491. The zero-order valence-electron chi connectivity index (χ0n) is 10.9. The van der Waals surface area contributed by atoms with E-state index in [1.54, 1.807) is 0 Å². The van der Waals surface area contributed by atoms with E-state index in [1.807, 2.05) is 48.9 Å². The summed E-state index contributed by atoms with van der Waals surface area (Å²) in [5.74, 6) is 0. The molecule has 0 aliphatic rings. The second-order valence-electron chi connectivity index (χ2n) is 3.59. The van der Waals surface area contributed by atoms with Crippen molar-refractivity contribution in [1.82, 2.24) is 4.57 Å². The van der Waals surface area contributed by atoms with Crippen LogP contribution in [0, 0.1) is 0 Å². The van der Waals surface area contributed by atoms with E-state index in [0.29, 0.717) is 12.8 Å². The molecule has 0 saturated carbocycles. The van der Waals surface area contributed by atoms with Gasteiger partial charge in [-0.15, -0.1) is 0 Å². The first kappa shape index (κ1) is 14.3. The van der Waals surface area contributed by atoms with Gasteiger partial charge in [0.1, 0.15) is 0 Å². The molecule has 0 atom stereocenters. The normalized spacial score (nSPS) is 9.72. The molecular formula is C14H20N2O2. The van der Waals surface area contributed by atoms with Gasteiger partial charge < -0.3 is 15.0 Å². The number of para-hydroxylation sites is 1. The highest BCUT2D eigenvalue weighted by Crippen LogP contribution is 2.25. The zero-order valence-corrected chi connectivity index (χ0v) is 10.9. The minimum Gasteiger partial charge on any atom is -0.396 e. The highest BCUT2D eigenvalue weighted by Gasteiger charge is 2.06. The second-order valence-corrected chi connectivity index (χ2v) is 3.59. The molecule has 1 aromatic carbocycles. The zero-order chi connectivity index (χ0) is 13.4. The Labute approximate surface area is 107 Å². The van der Waals surface area contributed by atoms with E-state index in [4.69, 9.17) is 5.11 Å². The summed E-state index contributed by atoms with van der Waals surface area (Å²) in [5.41, 5.74) is 1.88. The van der Waals surface area contributed by atoms with Gasteiger partial charge in [0, 0.05) is 24.7 Å². The summed E-state index contributed by atoms with van der Waals surface area (Å²) in [7, 11) is 0. The standard InChI is InChI=1S/C12H14N2O2.C2H6/c15-7-3-6-14-8-11(13-9-16)10-4-1-2-5-12(10)14;1-2/h1-2,4-5,8-9,15H,3,6-7H2,(H,13,16);1-2H3. The van der Waals surface area contributed by atoms with Crippen molar-refractivity contribution < 1.29 is 9.90 Å². The molecule has 0 aliphatic carbocycles. The summed E-state index contributed by atoms with van der Waals surface area (Å²) < 4.78 is 2.04. The third-order valence-electron chi connectivity index (χ3n) is 2.56. The fourth-order valence-corrected chi connectivity index (χ4v) is 1.85. The van der Waals surface area contributed by atoms with Gasteiger partial charge in [-0.05, 0) is 12.5 Å². The number of nitrogens with one attached hydrogen (secondary N) is 1. The summed E-state index contributed by atoms with van der Waals surface area (Å²) in [6, 6.07) is 7.87. The lowest BCUT2D eigenvalue weighted by molar-refractivity contribution is -0.105. The summed E-state index contributed by atoms with van der Waals surface area (Å²) in [5, 5.41) is 12.5. The van der Waals surface area contributed by atoms with Crippen LogP contribution >= 0.6 is 0 Å². The Kier molecular flexibility index (Phi) is 5.94. The van der Waals surface area contributed by atoms with Crippen molar-refractivity contribution in [2.45, 2.75) is 26.8 Å². The van der Waals surface area contributed by atoms with Gasteiger partial charge >= 0.3 is 0 Å². The van der Waals surface area contributed by atoms with Crippen LogP contribution in [0.4, 0.5) is 5.69 Å². The number of aromatic nitrogens is 1. The van der Waals surface area contributed by atoms with Crippen molar-refractivity contribution in [2.24, 2.45) is 0 Å². The predicted octanol–water partition coefficient (Wildman–Crippen LogP) is 2.62. The summed E-state index contributed by atoms with van der Waals surface area (Å²) in [6.07, 6.45) is 3.28. The molecule has 4 heteroatoms. The molecule has 0 fully saturated rings. The van der Waals surface area contributed by atoms with Crippen LogP contribution in [0.3, 0.4) is 0 Å².